The number of carbonyl (C=O) groups excluding carboxylic acids is 1. The molecule has 1 N–H and O–H groups in total. The molecule has 4 nitrogen and oxygen atoms in total. The summed E-state index contributed by atoms with van der Waals surface area (Å²) in [4.78, 5) is 13.1. The third-order valence-electron chi connectivity index (χ3n) is 5.87. The van der Waals surface area contributed by atoms with Gasteiger partial charge >= 0.3 is 0 Å². The number of benzene rings is 2. The monoisotopic (exact) mass is 416 g/mol. The molecule has 2 aromatic carbocycles. The van der Waals surface area contributed by atoms with E-state index in [9.17, 15) is 14.4 Å². The van der Waals surface area contributed by atoms with E-state index in [0.717, 1.165) is 28.9 Å². The number of nitrogens with one attached hydrogen (secondary N) is 1. The number of hydrogen-bond donors (Lipinski definition) is 1. The molecule has 0 saturated carbocycles. The van der Waals surface area contributed by atoms with E-state index in [1.165, 1.54) is 12.1 Å². The summed E-state index contributed by atoms with van der Waals surface area (Å²) in [5, 5.41) is 13.2. The van der Waals surface area contributed by atoms with Gasteiger partial charge in [0, 0.05) is 23.4 Å². The van der Waals surface area contributed by atoms with E-state index in [2.05, 4.69) is 25.2 Å². The smallest absolute Gasteiger partial charge is 0.162 e. The molecule has 5 heteroatoms. The lowest BCUT2D eigenvalue weighted by Gasteiger charge is -2.38. The normalized spacial score (nSPS) is 20.1. The summed E-state index contributed by atoms with van der Waals surface area (Å²) in [6.07, 6.45) is 1.23. The molecular weight excluding hydrogens is 391 g/mol. The first-order valence-electron chi connectivity index (χ1n) is 10.4. The number of ketones is 1. The first kappa shape index (κ1) is 20.9. The Hall–Kier alpha value is -3.39. The number of ether oxygens (including phenoxy) is 1. The highest BCUT2D eigenvalue weighted by Gasteiger charge is 2.41. The van der Waals surface area contributed by atoms with Gasteiger partial charge in [0.15, 0.2) is 5.78 Å². The summed E-state index contributed by atoms with van der Waals surface area (Å²) >= 11 is 0. The van der Waals surface area contributed by atoms with Crippen molar-refractivity contribution in [1.29, 1.82) is 5.26 Å². The van der Waals surface area contributed by atoms with Gasteiger partial charge in [-0.05, 0) is 54.2 Å². The molecule has 4 rings (SSSR count). The summed E-state index contributed by atoms with van der Waals surface area (Å²) in [7, 11) is 0. The Kier molecular flexibility index (Phi) is 5.41. The van der Waals surface area contributed by atoms with E-state index in [0.29, 0.717) is 29.9 Å². The van der Waals surface area contributed by atoms with E-state index in [-0.39, 0.29) is 17.0 Å². The van der Waals surface area contributed by atoms with Crippen LogP contribution in [0.1, 0.15) is 50.7 Å². The van der Waals surface area contributed by atoms with Gasteiger partial charge in [-0.2, -0.15) is 5.26 Å². The average molecular weight is 416 g/mol. The second-order valence-electron chi connectivity index (χ2n) is 9.03. The van der Waals surface area contributed by atoms with Gasteiger partial charge in [-0.25, -0.2) is 4.39 Å². The summed E-state index contributed by atoms with van der Waals surface area (Å²) in [5.74, 6) is 0.0362. The number of halogens is 1. The third-order valence-corrected chi connectivity index (χ3v) is 5.87. The second kappa shape index (κ2) is 8.03. The number of Topliss-reactive ketones (excluding diaryl/α,β-unsaturated/α-hetero) is 1. The number of rotatable bonds is 4. The van der Waals surface area contributed by atoms with Gasteiger partial charge in [0.1, 0.15) is 18.2 Å². The van der Waals surface area contributed by atoms with Gasteiger partial charge in [-0.1, -0.05) is 38.1 Å². The Labute approximate surface area is 182 Å². The van der Waals surface area contributed by atoms with Gasteiger partial charge in [0.2, 0.25) is 0 Å². The molecule has 0 aromatic heterocycles. The molecule has 0 fully saturated rings. The first-order valence-corrected chi connectivity index (χ1v) is 10.4. The molecule has 1 aliphatic carbocycles. The van der Waals surface area contributed by atoms with Crippen LogP contribution in [0.3, 0.4) is 0 Å². The lowest BCUT2D eigenvalue weighted by molar-refractivity contribution is -0.118. The Morgan fingerprint density at radius 3 is 2.65 bits per heavy atom. The van der Waals surface area contributed by atoms with Crippen LogP contribution in [-0.2, 0) is 11.4 Å². The molecule has 0 amide bonds. The van der Waals surface area contributed by atoms with Crippen molar-refractivity contribution >= 4 is 5.78 Å². The largest absolute Gasteiger partial charge is 0.489 e. The lowest BCUT2D eigenvalue weighted by Crippen LogP contribution is -2.36. The third kappa shape index (κ3) is 4.25. The van der Waals surface area contributed by atoms with Crippen LogP contribution in [0.15, 0.2) is 71.1 Å². The number of nitrogens with zero attached hydrogens (tertiary/aromatic N) is 1. The van der Waals surface area contributed by atoms with E-state index < -0.39 is 5.92 Å². The number of carbonyl (C=O) groups is 1. The molecule has 2 aromatic rings. The molecular formula is C26H25FN2O2. The van der Waals surface area contributed by atoms with Crippen LogP contribution in [-0.4, -0.2) is 5.78 Å². The van der Waals surface area contributed by atoms with Gasteiger partial charge in [0.05, 0.1) is 17.6 Å². The number of hydrogen-bond acceptors (Lipinski definition) is 4. The highest BCUT2D eigenvalue weighted by Crippen LogP contribution is 2.46. The van der Waals surface area contributed by atoms with Crippen LogP contribution in [0.2, 0.25) is 0 Å². The molecule has 0 bridgehead atoms. The van der Waals surface area contributed by atoms with Crippen molar-refractivity contribution in [3.05, 3.63) is 88.0 Å². The van der Waals surface area contributed by atoms with Gasteiger partial charge in [-0.3, -0.25) is 4.79 Å². The highest BCUT2D eigenvalue weighted by atomic mass is 19.1. The lowest BCUT2D eigenvalue weighted by atomic mass is 9.69. The second-order valence-corrected chi connectivity index (χ2v) is 9.03. The fourth-order valence-corrected chi connectivity index (χ4v) is 4.45. The predicted molar refractivity (Wildman–Crippen MR) is 116 cm³/mol. The number of dihydropyridines is 1. The molecule has 31 heavy (non-hydrogen) atoms. The van der Waals surface area contributed by atoms with Crippen LogP contribution in [0.4, 0.5) is 4.39 Å². The van der Waals surface area contributed by atoms with Crippen molar-refractivity contribution < 1.29 is 13.9 Å². The highest BCUT2D eigenvalue weighted by molar-refractivity contribution is 6.00. The van der Waals surface area contributed by atoms with E-state index in [1.54, 1.807) is 12.1 Å². The Bertz CT molecular complexity index is 1140. The minimum atomic E-state index is -0.403. The van der Waals surface area contributed by atoms with Crippen molar-refractivity contribution in [2.24, 2.45) is 5.41 Å². The summed E-state index contributed by atoms with van der Waals surface area (Å²) in [6, 6.07) is 16.0. The molecule has 0 radical (unpaired) electrons. The maximum absolute atomic E-state index is 13.1. The average Bonchev–Trinajstić information content (AvgIpc) is 2.71. The number of nitriles is 1. The summed E-state index contributed by atoms with van der Waals surface area (Å²) < 4.78 is 19.0. The van der Waals surface area contributed by atoms with Crippen molar-refractivity contribution in [2.75, 3.05) is 0 Å². The summed E-state index contributed by atoms with van der Waals surface area (Å²) in [6.45, 7) is 6.37. The molecule has 1 aliphatic heterocycles. The first-order chi connectivity index (χ1) is 14.8. The molecule has 1 heterocycles. The SMILES string of the molecule is CC1=C(C#N)[C@@H](c2cccc(OCc3ccc(F)cc3)c2)C2=C(CC(C)(C)CC2=O)N1. The molecule has 0 spiro atoms. The zero-order valence-corrected chi connectivity index (χ0v) is 18.0. The zero-order chi connectivity index (χ0) is 22.2. The Morgan fingerprint density at radius 1 is 1.19 bits per heavy atom. The van der Waals surface area contributed by atoms with Crippen molar-refractivity contribution in [1.82, 2.24) is 5.32 Å². The van der Waals surface area contributed by atoms with Crippen molar-refractivity contribution in [3.63, 3.8) is 0 Å². The molecule has 0 saturated heterocycles. The maximum atomic E-state index is 13.1. The fraction of sp³-hybridized carbons (Fsp3) is 0.308. The zero-order valence-electron chi connectivity index (χ0n) is 18.0. The maximum Gasteiger partial charge on any atom is 0.162 e. The molecule has 0 unspecified atom stereocenters. The minimum absolute atomic E-state index is 0.0848. The van der Waals surface area contributed by atoms with Gasteiger partial charge < -0.3 is 10.1 Å². The fourth-order valence-electron chi connectivity index (χ4n) is 4.45. The summed E-state index contributed by atoms with van der Waals surface area (Å²) in [5.41, 5.74) is 4.55. The van der Waals surface area contributed by atoms with E-state index in [1.807, 2.05) is 31.2 Å². The quantitative estimate of drug-likeness (QED) is 0.712. The van der Waals surface area contributed by atoms with Crippen LogP contribution in [0, 0.1) is 22.6 Å². The Morgan fingerprint density at radius 2 is 1.94 bits per heavy atom. The number of allylic oxidation sites excluding steroid dienone is 4. The van der Waals surface area contributed by atoms with Crippen LogP contribution >= 0.6 is 0 Å². The van der Waals surface area contributed by atoms with Crippen LogP contribution in [0.25, 0.3) is 0 Å². The Balaban J connectivity index is 1.67. The van der Waals surface area contributed by atoms with E-state index in [4.69, 9.17) is 4.74 Å². The van der Waals surface area contributed by atoms with Crippen LogP contribution in [0.5, 0.6) is 5.75 Å². The van der Waals surface area contributed by atoms with Crippen molar-refractivity contribution in [3.8, 4) is 11.8 Å². The van der Waals surface area contributed by atoms with E-state index >= 15 is 0 Å². The van der Waals surface area contributed by atoms with Crippen molar-refractivity contribution in [2.45, 2.75) is 46.1 Å². The molecule has 2 aliphatic rings. The molecule has 158 valence electrons. The standard InChI is InChI=1S/C26H25FN2O2/c1-16-21(14-28)24(25-22(29-16)12-26(2,3)13-23(25)30)18-5-4-6-20(11-18)31-15-17-7-9-19(27)10-8-17/h4-11,24,29H,12-13,15H2,1-3H3/t24-/m1/s1. The minimum Gasteiger partial charge on any atom is -0.489 e. The van der Waals surface area contributed by atoms with Gasteiger partial charge in [-0.15, -0.1) is 0 Å². The van der Waals surface area contributed by atoms with Crippen LogP contribution < -0.4 is 10.1 Å². The van der Waals surface area contributed by atoms with Gasteiger partial charge in [0.25, 0.3) is 0 Å². The predicted octanol–water partition coefficient (Wildman–Crippen LogP) is 5.53. The molecule has 1 atom stereocenters. The topological polar surface area (TPSA) is 62.1 Å².